The summed E-state index contributed by atoms with van der Waals surface area (Å²) in [5.74, 6) is -0.275. The van der Waals surface area contributed by atoms with Crippen molar-refractivity contribution in [3.8, 4) is 0 Å². The number of halogens is 2. The maximum Gasteiger partial charge on any atom is 0.232 e. The van der Waals surface area contributed by atoms with Gasteiger partial charge in [-0.2, -0.15) is 0 Å². The summed E-state index contributed by atoms with van der Waals surface area (Å²) in [6.07, 6.45) is 4.26. The Bertz CT molecular complexity index is 1150. The van der Waals surface area contributed by atoms with Gasteiger partial charge in [0.1, 0.15) is 11.6 Å². The van der Waals surface area contributed by atoms with Crippen molar-refractivity contribution in [3.63, 3.8) is 0 Å². The Morgan fingerprint density at radius 2 is 1.39 bits per heavy atom. The molecule has 2 saturated heterocycles. The molecule has 3 aromatic rings. The molecule has 186 valence electrons. The highest BCUT2D eigenvalue weighted by molar-refractivity contribution is 6.00. The first kappa shape index (κ1) is 24.4. The molecule has 0 bridgehead atoms. The van der Waals surface area contributed by atoms with Crippen LogP contribution in [0.1, 0.15) is 49.1 Å². The Hall–Kier alpha value is -3.31. The van der Waals surface area contributed by atoms with Crippen LogP contribution in [0, 0.1) is 17.0 Å². The van der Waals surface area contributed by atoms with Crippen molar-refractivity contribution in [1.82, 2.24) is 4.90 Å². The molecule has 1 spiro atoms. The number of anilines is 1. The van der Waals surface area contributed by atoms with Crippen molar-refractivity contribution in [3.05, 3.63) is 114 Å². The number of carbonyl (C=O) groups excluding carboxylic acids is 1. The van der Waals surface area contributed by atoms with Crippen molar-refractivity contribution < 1.29 is 13.6 Å². The van der Waals surface area contributed by atoms with Crippen molar-refractivity contribution in [2.75, 3.05) is 24.5 Å². The number of amides is 1. The third-order valence-corrected chi connectivity index (χ3v) is 7.96. The van der Waals surface area contributed by atoms with E-state index < -0.39 is 0 Å². The molecule has 0 radical (unpaired) electrons. The molecule has 0 N–H and O–H groups in total. The summed E-state index contributed by atoms with van der Waals surface area (Å²) in [5, 5.41) is 0. The van der Waals surface area contributed by atoms with Gasteiger partial charge in [0.05, 0.1) is 0 Å². The lowest BCUT2D eigenvalue weighted by molar-refractivity contribution is -0.118. The number of hydrogen-bond acceptors (Lipinski definition) is 2. The molecule has 3 aromatic carbocycles. The fraction of sp³-hybridized carbons (Fsp3) is 0.323. The first-order chi connectivity index (χ1) is 17.4. The van der Waals surface area contributed by atoms with Crippen LogP contribution in [0.5, 0.6) is 0 Å². The first-order valence-corrected chi connectivity index (χ1v) is 12.8. The van der Waals surface area contributed by atoms with E-state index in [1.165, 1.54) is 24.3 Å². The summed E-state index contributed by atoms with van der Waals surface area (Å²) in [7, 11) is 0. The SMILES string of the molecule is C=C1N(c2ccccc2)C(=O)CC12CCN(CCCC(c1ccc(F)cc1)c1ccc(F)cc1)CC2. The molecule has 3 nitrogen and oxygen atoms in total. The van der Waals surface area contributed by atoms with Crippen molar-refractivity contribution >= 4 is 11.6 Å². The molecular weight excluding hydrogens is 454 g/mol. The molecule has 5 heteroatoms. The fourth-order valence-corrected chi connectivity index (χ4v) is 5.84. The Morgan fingerprint density at radius 3 is 1.94 bits per heavy atom. The molecule has 2 aliphatic rings. The maximum atomic E-state index is 13.5. The van der Waals surface area contributed by atoms with E-state index in [1.807, 2.05) is 59.5 Å². The predicted octanol–water partition coefficient (Wildman–Crippen LogP) is 6.91. The van der Waals surface area contributed by atoms with E-state index in [2.05, 4.69) is 11.5 Å². The lowest BCUT2D eigenvalue weighted by Crippen LogP contribution is -2.40. The van der Waals surface area contributed by atoms with Gasteiger partial charge in [-0.15, -0.1) is 0 Å². The van der Waals surface area contributed by atoms with Crippen molar-refractivity contribution in [2.45, 2.75) is 38.0 Å². The van der Waals surface area contributed by atoms with E-state index in [-0.39, 0.29) is 28.9 Å². The van der Waals surface area contributed by atoms with Gasteiger partial charge >= 0.3 is 0 Å². The molecule has 0 aliphatic carbocycles. The lowest BCUT2D eigenvalue weighted by atomic mass is 9.75. The highest BCUT2D eigenvalue weighted by atomic mass is 19.1. The van der Waals surface area contributed by atoms with Crippen LogP contribution in [0.25, 0.3) is 0 Å². The van der Waals surface area contributed by atoms with Crippen molar-refractivity contribution in [1.29, 1.82) is 0 Å². The van der Waals surface area contributed by atoms with Gasteiger partial charge in [0, 0.05) is 29.1 Å². The average Bonchev–Trinajstić information content (AvgIpc) is 3.13. The normalized spacial score (nSPS) is 17.9. The molecule has 0 saturated carbocycles. The molecule has 5 rings (SSSR count). The summed E-state index contributed by atoms with van der Waals surface area (Å²) in [6, 6.07) is 23.1. The van der Waals surface area contributed by atoms with Crippen LogP contribution < -0.4 is 4.90 Å². The number of rotatable bonds is 7. The van der Waals surface area contributed by atoms with E-state index in [9.17, 15) is 13.6 Å². The van der Waals surface area contributed by atoms with Crippen LogP contribution in [0.2, 0.25) is 0 Å². The second-order valence-corrected chi connectivity index (χ2v) is 10.1. The second kappa shape index (κ2) is 10.4. The van der Waals surface area contributed by atoms with Crippen LogP contribution >= 0.6 is 0 Å². The van der Waals surface area contributed by atoms with Gasteiger partial charge in [-0.1, -0.05) is 49.0 Å². The third-order valence-electron chi connectivity index (χ3n) is 7.96. The van der Waals surface area contributed by atoms with E-state index in [4.69, 9.17) is 0 Å². The zero-order valence-electron chi connectivity index (χ0n) is 20.5. The number of piperidine rings is 1. The van der Waals surface area contributed by atoms with Gasteiger partial charge in [-0.05, 0) is 92.8 Å². The van der Waals surface area contributed by atoms with Gasteiger partial charge in [-0.3, -0.25) is 9.69 Å². The number of carbonyl (C=O) groups is 1. The second-order valence-electron chi connectivity index (χ2n) is 10.1. The minimum Gasteiger partial charge on any atom is -0.303 e. The summed E-state index contributed by atoms with van der Waals surface area (Å²) in [4.78, 5) is 17.2. The van der Waals surface area contributed by atoms with E-state index in [0.717, 1.165) is 67.8 Å². The number of nitrogens with zero attached hydrogens (tertiary/aromatic N) is 2. The summed E-state index contributed by atoms with van der Waals surface area (Å²) in [6.45, 7) is 7.19. The van der Waals surface area contributed by atoms with Crippen molar-refractivity contribution in [2.24, 2.45) is 5.41 Å². The van der Waals surface area contributed by atoms with Crippen LogP contribution in [0.3, 0.4) is 0 Å². The number of benzene rings is 3. The van der Waals surface area contributed by atoms with E-state index in [1.54, 1.807) is 0 Å². The van der Waals surface area contributed by atoms with Gasteiger partial charge in [0.2, 0.25) is 5.91 Å². The number of likely N-dealkylation sites (tertiary alicyclic amines) is 1. The Balaban J connectivity index is 1.20. The van der Waals surface area contributed by atoms with Gasteiger partial charge in [0.15, 0.2) is 0 Å². The van der Waals surface area contributed by atoms with Gasteiger partial charge in [-0.25, -0.2) is 8.78 Å². The molecule has 36 heavy (non-hydrogen) atoms. The lowest BCUT2D eigenvalue weighted by Gasteiger charge is -2.40. The molecule has 2 fully saturated rings. The number of hydrogen-bond donors (Lipinski definition) is 0. The molecule has 0 unspecified atom stereocenters. The summed E-state index contributed by atoms with van der Waals surface area (Å²) >= 11 is 0. The Kier molecular flexibility index (Phi) is 7.01. The Labute approximate surface area is 212 Å². The quantitative estimate of drug-likeness (QED) is 0.362. The zero-order chi connectivity index (χ0) is 25.1. The number of para-hydroxylation sites is 1. The molecule has 1 amide bonds. The summed E-state index contributed by atoms with van der Waals surface area (Å²) < 4.78 is 27.0. The van der Waals surface area contributed by atoms with Crippen LogP contribution in [0.15, 0.2) is 91.1 Å². The minimum atomic E-state index is -0.253. The van der Waals surface area contributed by atoms with Gasteiger partial charge < -0.3 is 4.90 Å². The van der Waals surface area contributed by atoms with Gasteiger partial charge in [0.25, 0.3) is 0 Å². The molecular formula is C31H32F2N2O. The largest absolute Gasteiger partial charge is 0.303 e. The first-order valence-electron chi connectivity index (χ1n) is 12.8. The van der Waals surface area contributed by atoms with Crippen LogP contribution in [-0.4, -0.2) is 30.4 Å². The average molecular weight is 487 g/mol. The Morgan fingerprint density at radius 1 is 0.833 bits per heavy atom. The smallest absolute Gasteiger partial charge is 0.232 e. The molecule has 2 heterocycles. The highest BCUT2D eigenvalue weighted by Crippen LogP contribution is 2.49. The van der Waals surface area contributed by atoms with Crippen LogP contribution in [-0.2, 0) is 4.79 Å². The predicted molar refractivity (Wildman–Crippen MR) is 140 cm³/mol. The highest BCUT2D eigenvalue weighted by Gasteiger charge is 2.48. The minimum absolute atomic E-state index is 0.0917. The third kappa shape index (κ3) is 4.98. The molecule has 0 atom stereocenters. The standard InChI is InChI=1S/C31H32F2N2O/c1-23-31(22-30(36)35(23)28-6-3-2-4-7-28)17-20-34(21-18-31)19-5-8-29(24-9-13-26(32)14-10-24)25-11-15-27(33)16-12-25/h2-4,6-7,9-16,29H,1,5,8,17-22H2. The topological polar surface area (TPSA) is 23.6 Å². The van der Waals surface area contributed by atoms with E-state index in [0.29, 0.717) is 6.42 Å². The zero-order valence-corrected chi connectivity index (χ0v) is 20.5. The number of allylic oxidation sites excluding steroid dienone is 1. The van der Waals surface area contributed by atoms with E-state index >= 15 is 0 Å². The fourth-order valence-electron chi connectivity index (χ4n) is 5.84. The monoisotopic (exact) mass is 486 g/mol. The maximum absolute atomic E-state index is 13.5. The molecule has 2 aliphatic heterocycles. The van der Waals surface area contributed by atoms with Crippen LogP contribution in [0.4, 0.5) is 14.5 Å². The summed E-state index contributed by atoms with van der Waals surface area (Å²) in [5.41, 5.74) is 3.78. The molecule has 0 aromatic heterocycles.